The van der Waals surface area contributed by atoms with Crippen LogP contribution in [0.2, 0.25) is 0 Å². The number of rotatable bonds is 4. The molecule has 1 amide bonds. The molecule has 27 heavy (non-hydrogen) atoms. The lowest BCUT2D eigenvalue weighted by Gasteiger charge is -2.29. The monoisotopic (exact) mass is 401 g/mol. The predicted molar refractivity (Wildman–Crippen MR) is 111 cm³/mol. The molecule has 0 unspecified atom stereocenters. The molecule has 0 radical (unpaired) electrons. The summed E-state index contributed by atoms with van der Waals surface area (Å²) in [6.45, 7) is 4.25. The maximum Gasteiger partial charge on any atom is 0.263 e. The van der Waals surface area contributed by atoms with Crippen molar-refractivity contribution >= 4 is 38.8 Å². The Morgan fingerprint density at radius 3 is 2.89 bits per heavy atom. The molecule has 142 valence electrons. The molecule has 1 N–H and O–H groups in total. The molecule has 1 saturated carbocycles. The standard InChI is InChI=1S/C20H23N3O2S2/c1-12-5-3-4-6-15(12)22-17(24)9-23-11-21-19-18(20(23)25)14(10-26-19)16-8-7-13(2)27-16/h7-8,10-12,15H,3-6,9H2,1-2H3,(H,22,24)/t12-,15+/m1/s1. The van der Waals surface area contributed by atoms with E-state index in [0.717, 1.165) is 34.5 Å². The van der Waals surface area contributed by atoms with Crippen LogP contribution in [0.4, 0.5) is 0 Å². The minimum atomic E-state index is -0.144. The molecule has 4 rings (SSSR count). The fraction of sp³-hybridized carbons (Fsp3) is 0.450. The molecule has 2 atom stereocenters. The van der Waals surface area contributed by atoms with Gasteiger partial charge >= 0.3 is 0 Å². The lowest BCUT2D eigenvalue weighted by molar-refractivity contribution is -0.123. The fourth-order valence-corrected chi connectivity index (χ4v) is 5.64. The van der Waals surface area contributed by atoms with Crippen molar-refractivity contribution in [2.75, 3.05) is 0 Å². The van der Waals surface area contributed by atoms with E-state index in [4.69, 9.17) is 0 Å². The highest BCUT2D eigenvalue weighted by Crippen LogP contribution is 2.34. The average Bonchev–Trinajstić information content (AvgIpc) is 3.26. The van der Waals surface area contributed by atoms with Crippen molar-refractivity contribution in [3.63, 3.8) is 0 Å². The normalized spacial score (nSPS) is 20.1. The Labute approximate surface area is 166 Å². The van der Waals surface area contributed by atoms with Crippen LogP contribution in [0.1, 0.15) is 37.5 Å². The van der Waals surface area contributed by atoms with Gasteiger partial charge in [-0.05, 0) is 37.8 Å². The van der Waals surface area contributed by atoms with Gasteiger partial charge < -0.3 is 5.32 Å². The van der Waals surface area contributed by atoms with Crippen LogP contribution in [0.5, 0.6) is 0 Å². The van der Waals surface area contributed by atoms with Crippen LogP contribution in [0, 0.1) is 12.8 Å². The summed E-state index contributed by atoms with van der Waals surface area (Å²) >= 11 is 3.13. The second kappa shape index (κ2) is 7.56. The molecule has 1 aliphatic rings. The molecule has 0 aromatic carbocycles. The van der Waals surface area contributed by atoms with Gasteiger partial charge in [-0.2, -0.15) is 0 Å². The van der Waals surface area contributed by atoms with E-state index in [9.17, 15) is 9.59 Å². The van der Waals surface area contributed by atoms with Crippen LogP contribution >= 0.6 is 22.7 Å². The second-order valence-electron chi connectivity index (χ2n) is 7.35. The van der Waals surface area contributed by atoms with E-state index in [-0.39, 0.29) is 24.1 Å². The topological polar surface area (TPSA) is 64.0 Å². The molecular weight excluding hydrogens is 378 g/mol. The van der Waals surface area contributed by atoms with Crippen molar-refractivity contribution in [3.05, 3.63) is 39.1 Å². The van der Waals surface area contributed by atoms with Gasteiger partial charge in [0, 0.05) is 26.7 Å². The number of fused-ring (bicyclic) bond motifs is 1. The van der Waals surface area contributed by atoms with E-state index >= 15 is 0 Å². The van der Waals surface area contributed by atoms with Crippen molar-refractivity contribution in [1.29, 1.82) is 0 Å². The smallest absolute Gasteiger partial charge is 0.263 e. The molecule has 5 nitrogen and oxygen atoms in total. The average molecular weight is 402 g/mol. The number of carbonyl (C=O) groups is 1. The summed E-state index contributed by atoms with van der Waals surface area (Å²) in [5, 5.41) is 5.71. The Morgan fingerprint density at radius 2 is 2.15 bits per heavy atom. The molecule has 0 aliphatic heterocycles. The third kappa shape index (κ3) is 3.71. The van der Waals surface area contributed by atoms with Crippen LogP contribution in [0.25, 0.3) is 20.7 Å². The lowest BCUT2D eigenvalue weighted by atomic mass is 9.86. The maximum absolute atomic E-state index is 13.0. The number of hydrogen-bond acceptors (Lipinski definition) is 5. The van der Waals surface area contributed by atoms with Gasteiger partial charge in [-0.25, -0.2) is 4.98 Å². The van der Waals surface area contributed by atoms with Gasteiger partial charge in [0.05, 0.1) is 11.7 Å². The van der Waals surface area contributed by atoms with E-state index in [1.165, 1.54) is 33.5 Å². The number of amides is 1. The summed E-state index contributed by atoms with van der Waals surface area (Å²) in [6, 6.07) is 4.30. The van der Waals surface area contributed by atoms with Crippen LogP contribution in [0.3, 0.4) is 0 Å². The first-order valence-electron chi connectivity index (χ1n) is 9.35. The van der Waals surface area contributed by atoms with Crippen LogP contribution < -0.4 is 10.9 Å². The van der Waals surface area contributed by atoms with Gasteiger partial charge in [0.2, 0.25) is 5.91 Å². The summed E-state index contributed by atoms with van der Waals surface area (Å²) in [6.07, 6.45) is 6.05. The van der Waals surface area contributed by atoms with Crippen LogP contribution in [-0.4, -0.2) is 21.5 Å². The van der Waals surface area contributed by atoms with E-state index in [1.54, 1.807) is 11.3 Å². The molecule has 0 bridgehead atoms. The molecule has 3 aromatic rings. The minimum Gasteiger partial charge on any atom is -0.352 e. The number of thiophene rings is 2. The zero-order chi connectivity index (χ0) is 19.0. The number of aryl methyl sites for hydroxylation is 1. The van der Waals surface area contributed by atoms with Gasteiger partial charge in [-0.3, -0.25) is 14.2 Å². The highest BCUT2D eigenvalue weighted by atomic mass is 32.1. The summed E-state index contributed by atoms with van der Waals surface area (Å²) in [5.74, 6) is 0.381. The number of hydrogen-bond donors (Lipinski definition) is 1. The summed E-state index contributed by atoms with van der Waals surface area (Å²) in [5.41, 5.74) is 0.774. The third-order valence-electron chi connectivity index (χ3n) is 5.34. The highest BCUT2D eigenvalue weighted by molar-refractivity contribution is 7.19. The van der Waals surface area contributed by atoms with Crippen molar-refractivity contribution < 1.29 is 4.79 Å². The number of carbonyl (C=O) groups excluding carboxylic acids is 1. The van der Waals surface area contributed by atoms with E-state index in [2.05, 4.69) is 30.2 Å². The van der Waals surface area contributed by atoms with Gasteiger partial charge in [0.15, 0.2) is 0 Å². The third-order valence-corrected chi connectivity index (χ3v) is 7.26. The Bertz CT molecular complexity index is 1030. The Balaban J connectivity index is 1.60. The molecule has 0 spiro atoms. The first-order chi connectivity index (χ1) is 13.0. The van der Waals surface area contributed by atoms with Crippen molar-refractivity contribution in [3.8, 4) is 10.4 Å². The highest BCUT2D eigenvalue weighted by Gasteiger charge is 2.23. The van der Waals surface area contributed by atoms with Crippen LogP contribution in [0.15, 0.2) is 28.6 Å². The van der Waals surface area contributed by atoms with E-state index < -0.39 is 0 Å². The SMILES string of the molecule is Cc1ccc(-c2csc3ncn(CC(=O)N[C@H]4CCCC[C@H]4C)c(=O)c23)s1. The molecular formula is C20H23N3O2S2. The molecule has 0 saturated heterocycles. The van der Waals surface area contributed by atoms with Gasteiger partial charge in [0.1, 0.15) is 11.4 Å². The zero-order valence-electron chi connectivity index (χ0n) is 15.5. The Kier molecular flexibility index (Phi) is 5.14. The number of nitrogens with zero attached hydrogens (tertiary/aromatic N) is 2. The van der Waals surface area contributed by atoms with Crippen molar-refractivity contribution in [2.24, 2.45) is 5.92 Å². The number of aromatic nitrogens is 2. The first kappa shape index (κ1) is 18.4. The van der Waals surface area contributed by atoms with E-state index in [0.29, 0.717) is 11.3 Å². The van der Waals surface area contributed by atoms with Crippen LogP contribution in [-0.2, 0) is 11.3 Å². The first-order valence-corrected chi connectivity index (χ1v) is 11.1. The quantitative estimate of drug-likeness (QED) is 0.713. The molecule has 3 heterocycles. The van der Waals surface area contributed by atoms with E-state index in [1.807, 2.05) is 11.4 Å². The maximum atomic E-state index is 13.0. The lowest BCUT2D eigenvalue weighted by Crippen LogP contribution is -2.43. The van der Waals surface area contributed by atoms with Gasteiger partial charge in [0.25, 0.3) is 5.56 Å². The van der Waals surface area contributed by atoms with Gasteiger partial charge in [-0.1, -0.05) is 19.8 Å². The molecule has 1 fully saturated rings. The summed E-state index contributed by atoms with van der Waals surface area (Å²) in [4.78, 5) is 33.0. The Hall–Kier alpha value is -1.99. The largest absolute Gasteiger partial charge is 0.352 e. The molecule has 3 aromatic heterocycles. The molecule has 1 aliphatic carbocycles. The second-order valence-corrected chi connectivity index (χ2v) is 9.50. The predicted octanol–water partition coefficient (Wildman–Crippen LogP) is 4.19. The summed E-state index contributed by atoms with van der Waals surface area (Å²) < 4.78 is 1.43. The van der Waals surface area contributed by atoms with Crippen molar-refractivity contribution in [2.45, 2.75) is 52.1 Å². The van der Waals surface area contributed by atoms with Crippen molar-refractivity contribution in [1.82, 2.24) is 14.9 Å². The minimum absolute atomic E-state index is 0.0176. The number of nitrogens with one attached hydrogen (secondary N) is 1. The molecule has 7 heteroatoms. The van der Waals surface area contributed by atoms with Gasteiger partial charge in [-0.15, -0.1) is 22.7 Å². The Morgan fingerprint density at radius 1 is 1.33 bits per heavy atom. The fourth-order valence-electron chi connectivity index (χ4n) is 3.78. The zero-order valence-corrected chi connectivity index (χ0v) is 17.2. The summed E-state index contributed by atoms with van der Waals surface area (Å²) in [7, 11) is 0.